The largest absolute Gasteiger partial charge is 2.00 e. The van der Waals surface area contributed by atoms with Crippen molar-refractivity contribution in [1.82, 2.24) is 0 Å². The summed E-state index contributed by atoms with van der Waals surface area (Å²) in [6.07, 6.45) is 5.60. The topological polar surface area (TPSA) is 279 Å². The molecule has 3 heterocycles. The zero-order chi connectivity index (χ0) is 75.8. The molecule has 3 saturated heterocycles. The van der Waals surface area contributed by atoms with Gasteiger partial charge in [0.05, 0.1) is 44.6 Å². The summed E-state index contributed by atoms with van der Waals surface area (Å²) >= 11 is 0. The van der Waals surface area contributed by atoms with Crippen molar-refractivity contribution >= 4 is 56.8 Å². The zero-order valence-corrected chi connectivity index (χ0v) is 66.8. The van der Waals surface area contributed by atoms with Crippen LogP contribution in [0, 0.1) is 27.6 Å². The van der Waals surface area contributed by atoms with Crippen molar-refractivity contribution in [3.05, 3.63) is 150 Å². The molecule has 0 amide bonds. The van der Waals surface area contributed by atoms with Gasteiger partial charge in [-0.15, -0.1) is 0 Å². The molecule has 0 spiro atoms. The van der Waals surface area contributed by atoms with E-state index in [1.54, 1.807) is 32.9 Å². The predicted molar refractivity (Wildman–Crippen MR) is 378 cm³/mol. The number of carboxylic acid groups (broad SMARTS) is 2. The van der Waals surface area contributed by atoms with E-state index in [1.165, 1.54) is 53.0 Å². The van der Waals surface area contributed by atoms with Gasteiger partial charge in [-0.3, -0.25) is 24.0 Å². The summed E-state index contributed by atoms with van der Waals surface area (Å²) in [6.45, 7) is 32.0. The summed E-state index contributed by atoms with van der Waals surface area (Å²) < 4.78 is 87.5. The Morgan fingerprint density at radius 2 is 1.06 bits per heavy atom. The van der Waals surface area contributed by atoms with Gasteiger partial charge in [0, 0.05) is 18.8 Å². The third kappa shape index (κ3) is 27.7. The van der Waals surface area contributed by atoms with Crippen LogP contribution in [0.2, 0.25) is 0 Å². The summed E-state index contributed by atoms with van der Waals surface area (Å²) in [4.78, 5) is 70.4. The van der Waals surface area contributed by atoms with E-state index in [2.05, 4.69) is 155 Å². The Morgan fingerprint density at radius 1 is 0.624 bits per heavy atom. The molecule has 2 bridgehead atoms. The van der Waals surface area contributed by atoms with Crippen LogP contribution < -0.4 is 9.84 Å². The molecule has 1 aliphatic carbocycles. The number of alkyl halides is 2. The Morgan fingerprint density at radius 3 is 1.46 bits per heavy atom. The number of aromatic hydroxyl groups is 1. The van der Waals surface area contributed by atoms with Crippen LogP contribution in [-0.2, 0) is 106 Å². The molecule has 554 valence electrons. The zero-order valence-electron chi connectivity index (χ0n) is 62.2. The van der Waals surface area contributed by atoms with Crippen molar-refractivity contribution in [2.45, 2.75) is 251 Å². The van der Waals surface area contributed by atoms with Crippen molar-refractivity contribution in [2.24, 2.45) is 27.6 Å². The number of fused-ring (bicyclic) bond motifs is 2. The van der Waals surface area contributed by atoms with Crippen LogP contribution in [0.4, 0.5) is 8.78 Å². The van der Waals surface area contributed by atoms with E-state index in [0.29, 0.717) is 38.0 Å². The monoisotopic (exact) mass is 1500 g/mol. The van der Waals surface area contributed by atoms with Gasteiger partial charge < -0.3 is 53.1 Å². The van der Waals surface area contributed by atoms with Gasteiger partial charge >= 0.3 is 54.6 Å². The van der Waals surface area contributed by atoms with Gasteiger partial charge in [0.1, 0.15) is 29.3 Å². The molecule has 3 fully saturated rings. The fourth-order valence-corrected chi connectivity index (χ4v) is 11.5. The van der Waals surface area contributed by atoms with E-state index >= 15 is 0 Å². The number of ether oxygens (including phenoxy) is 6. The van der Waals surface area contributed by atoms with E-state index in [1.807, 2.05) is 54.5 Å². The molecule has 4 aliphatic rings. The molecule has 0 aromatic heterocycles. The summed E-state index contributed by atoms with van der Waals surface area (Å²) in [5.41, 5.74) is 1.10. The van der Waals surface area contributed by atoms with E-state index in [0.717, 1.165) is 30.6 Å². The van der Waals surface area contributed by atoms with Gasteiger partial charge in [-0.2, -0.15) is 8.78 Å². The maximum Gasteiger partial charge on any atom is 2.00 e. The quantitative estimate of drug-likeness (QED) is 0.0214. The molecule has 2 N–H and O–H groups in total. The van der Waals surface area contributed by atoms with Crippen LogP contribution >= 0.6 is 0 Å². The summed E-state index contributed by atoms with van der Waals surface area (Å²) in [7, 11) is -5.83. The van der Waals surface area contributed by atoms with Crippen LogP contribution in [0.15, 0.2) is 148 Å². The Balaban J connectivity index is 0.000000411. The first kappa shape index (κ1) is 90.3. The molecule has 101 heavy (non-hydrogen) atoms. The second kappa shape index (κ2) is 40.3. The number of rotatable bonds is 22. The normalized spacial score (nSPS) is 18.2. The van der Waals surface area contributed by atoms with Crippen molar-refractivity contribution in [3.63, 3.8) is 0 Å². The van der Waals surface area contributed by atoms with Gasteiger partial charge in [0.25, 0.3) is 0 Å². The number of aliphatic carboxylic acids is 2. The van der Waals surface area contributed by atoms with Crippen molar-refractivity contribution in [3.8, 4) is 11.5 Å². The van der Waals surface area contributed by atoms with Crippen molar-refractivity contribution < 1.29 is 114 Å². The Kier molecular flexibility index (Phi) is 36.1. The molecule has 9 rings (SSSR count). The molecule has 7 atom stereocenters. The Hall–Kier alpha value is -6.78. The second-order valence-electron chi connectivity index (χ2n) is 28.1. The van der Waals surface area contributed by atoms with E-state index < -0.39 is 73.8 Å². The first-order chi connectivity index (χ1) is 46.5. The maximum atomic E-state index is 12.6. The molecule has 23 heteroatoms. The third-order valence-electron chi connectivity index (χ3n) is 18.4. The molecule has 0 radical (unpaired) electrons. The van der Waals surface area contributed by atoms with E-state index in [-0.39, 0.29) is 90.3 Å². The molecular formula is C78H107F2O18S2Zn+. The minimum atomic E-state index is -5.81. The number of hydrogen-bond acceptors (Lipinski definition) is 17. The fraction of sp³-hybridized carbons (Fsp3) is 0.538. The van der Waals surface area contributed by atoms with Gasteiger partial charge in [0.2, 0.25) is 0 Å². The standard InChI is InChI=1S/C18H15S.C15H20O3.C15H24O.C13H18O5.C8H14F2O5S.C6H12O2.C3H6O2.Zn/c1-4-10-16(11-5-1)19(17-12-6-2-7-13-17)18-14-8-3-9-15-18;1-4-15(2,3)14(17)18-13-8-10-5-6-12(16)7-11(10)9-13;1-6-12(3)13-8-10-14(11-9-13)16-15(4,5)7-2;1-4-13(2,3)12(15)18-9-7-5-6-8(16-7)10(9)17-11(6)14;1-4-7(2,3)6(11)15-5-8(9,10)16(12,13)14;1-4-6(2,3)5(7)8;1-2-3(4)5;/h1-15H;5-7,13,16H,4,8-9H2,1-3H3;8-12H,6-7H2,1-5H3;6-10H,4-5H2,1-3H3;4-5H2,1-3H3,(H,12,13,14);4H2,1-3H3,(H,7,8);2H2,1H3,(H,4,5);/q+1;;;;;;;+2/p-2. The number of esters is 4. The first-order valence-corrected chi connectivity index (χ1v) is 36.8. The maximum absolute atomic E-state index is 12.6. The number of carboxylic acids is 2. The van der Waals surface area contributed by atoms with E-state index in [4.69, 9.17) is 28.8 Å². The minimum absolute atomic E-state index is 0. The number of carbonyl (C=O) groups excluding carboxylic acids is 5. The van der Waals surface area contributed by atoms with Crippen LogP contribution in [-0.4, -0.2) is 107 Å². The average Bonchev–Trinajstić information content (AvgIpc) is 1.57. The SMILES string of the molecule is CCC(=O)[O-].CCC(C)(C)C(=O)O.CCC(C)(C)C(=O)OC1C2CC3C(=O)OC1C3O2.CCC(C)(C)C(=O)OC1Cc2ccc(O)cc2C1.CCC(C)(C)C(=O)OCC(F)(F)S(=O)(=O)[O-].CCC(C)c1ccc(OC(C)(C)CC)cc1.[Zn+2].c1ccc([S+](c2ccccc2)c2ccccc2)cc1. The number of phenolic OH excluding ortho intramolecular Hbond substituents is 1. The number of hydrogen-bond donors (Lipinski definition) is 2. The van der Waals surface area contributed by atoms with Gasteiger partial charge in [0.15, 0.2) is 43.6 Å². The predicted octanol–water partition coefficient (Wildman–Crippen LogP) is 15.2. The van der Waals surface area contributed by atoms with Crippen LogP contribution in [0.25, 0.3) is 0 Å². The summed E-state index contributed by atoms with van der Waals surface area (Å²) in [5.74, 6) is -1.54. The Labute approximate surface area is 613 Å². The van der Waals surface area contributed by atoms with Gasteiger partial charge in [-0.1, -0.05) is 128 Å². The van der Waals surface area contributed by atoms with E-state index in [9.17, 15) is 60.7 Å². The third-order valence-corrected chi connectivity index (χ3v) is 21.5. The smallest absolute Gasteiger partial charge is 0.743 e. The molecule has 0 saturated carbocycles. The number of phenols is 1. The van der Waals surface area contributed by atoms with Crippen LogP contribution in [0.1, 0.15) is 199 Å². The number of halogens is 2. The average molecular weight is 1500 g/mol. The van der Waals surface area contributed by atoms with Crippen LogP contribution in [0.3, 0.4) is 0 Å². The summed E-state index contributed by atoms with van der Waals surface area (Å²) in [5, 5.41) is 22.5. The van der Waals surface area contributed by atoms with Crippen molar-refractivity contribution in [1.29, 1.82) is 0 Å². The first-order valence-electron chi connectivity index (χ1n) is 34.2. The van der Waals surface area contributed by atoms with Crippen molar-refractivity contribution in [2.75, 3.05) is 6.61 Å². The molecule has 18 nitrogen and oxygen atoms in total. The molecule has 7 unspecified atom stereocenters. The summed E-state index contributed by atoms with van der Waals surface area (Å²) in [6, 6.07) is 46.0. The van der Waals surface area contributed by atoms with Gasteiger partial charge in [-0.05, 0) is 204 Å². The molecule has 5 aromatic rings. The van der Waals surface area contributed by atoms with Gasteiger partial charge in [-0.25, -0.2) is 8.42 Å². The number of benzene rings is 5. The van der Waals surface area contributed by atoms with Crippen LogP contribution in [0.5, 0.6) is 11.5 Å². The minimum Gasteiger partial charge on any atom is -0.743 e. The molecule has 3 aliphatic heterocycles. The molecule has 5 aromatic carbocycles. The second-order valence-corrected chi connectivity index (χ2v) is 31.7. The fourth-order valence-electron chi connectivity index (χ4n) is 9.19. The molecular weight excluding hydrogens is 1390 g/mol. The Bertz CT molecular complexity index is 3420. The number of carbonyl (C=O) groups is 6.